The van der Waals surface area contributed by atoms with Gasteiger partial charge in [-0.25, -0.2) is 19.3 Å². The van der Waals surface area contributed by atoms with E-state index in [4.69, 9.17) is 28.9 Å². The molecule has 5 nitrogen and oxygen atoms in total. The van der Waals surface area contributed by atoms with Crippen LogP contribution in [0.15, 0.2) is 64.9 Å². The average molecular weight is 434 g/mol. The Morgan fingerprint density at radius 2 is 1.89 bits per heavy atom. The van der Waals surface area contributed by atoms with E-state index in [9.17, 15) is 0 Å². The summed E-state index contributed by atoms with van der Waals surface area (Å²) in [4.78, 5) is 13.3. The number of rotatable bonds is 5. The Bertz CT molecular complexity index is 1140. The van der Waals surface area contributed by atoms with Gasteiger partial charge < -0.3 is 5.73 Å². The molecule has 142 valence electrons. The number of imidazole rings is 1. The van der Waals surface area contributed by atoms with Crippen molar-refractivity contribution in [1.82, 2.24) is 19.5 Å². The summed E-state index contributed by atoms with van der Waals surface area (Å²) in [5, 5.41) is 1.36. The van der Waals surface area contributed by atoms with Gasteiger partial charge in [-0.15, -0.1) is 0 Å². The van der Waals surface area contributed by atoms with E-state index in [1.807, 2.05) is 30.3 Å². The number of nitrogen functional groups attached to an aromatic ring is 1. The number of anilines is 1. The maximum atomic E-state index is 15.4. The molecule has 0 bridgehead atoms. The first-order valence-electron chi connectivity index (χ1n) is 8.32. The SMILES string of the molecule is Nc1ncnc2c1nc(Sc1ccc(Cl)cc1Cl)n2C(F)Cc1ccccc1. The number of aromatic nitrogens is 4. The fourth-order valence-electron chi connectivity index (χ4n) is 2.79. The van der Waals surface area contributed by atoms with Gasteiger partial charge in [-0.3, -0.25) is 4.57 Å². The third kappa shape index (κ3) is 3.78. The molecule has 0 amide bonds. The second-order valence-corrected chi connectivity index (χ2v) is 7.85. The van der Waals surface area contributed by atoms with E-state index in [0.29, 0.717) is 31.3 Å². The zero-order valence-electron chi connectivity index (χ0n) is 14.4. The molecule has 0 aliphatic rings. The molecule has 0 fully saturated rings. The summed E-state index contributed by atoms with van der Waals surface area (Å²) in [5.74, 6) is 0.194. The van der Waals surface area contributed by atoms with Crippen molar-refractivity contribution in [3.63, 3.8) is 0 Å². The highest BCUT2D eigenvalue weighted by atomic mass is 35.5. The maximum Gasteiger partial charge on any atom is 0.183 e. The Balaban J connectivity index is 1.79. The van der Waals surface area contributed by atoms with Crippen LogP contribution in [0.1, 0.15) is 11.9 Å². The van der Waals surface area contributed by atoms with E-state index in [1.165, 1.54) is 22.7 Å². The molecule has 0 aliphatic carbocycles. The summed E-state index contributed by atoms with van der Waals surface area (Å²) in [5.41, 5.74) is 7.48. The minimum Gasteiger partial charge on any atom is -0.382 e. The minimum atomic E-state index is -1.39. The van der Waals surface area contributed by atoms with Crippen molar-refractivity contribution in [3.8, 4) is 0 Å². The molecule has 9 heteroatoms. The molecule has 4 aromatic rings. The van der Waals surface area contributed by atoms with Crippen molar-refractivity contribution < 1.29 is 4.39 Å². The van der Waals surface area contributed by atoms with Crippen molar-refractivity contribution in [2.24, 2.45) is 0 Å². The lowest BCUT2D eigenvalue weighted by Gasteiger charge is -2.14. The molecule has 0 spiro atoms. The zero-order chi connectivity index (χ0) is 19.7. The number of fused-ring (bicyclic) bond motifs is 1. The van der Waals surface area contributed by atoms with Gasteiger partial charge in [0.05, 0.1) is 5.02 Å². The molecular weight excluding hydrogens is 420 g/mol. The van der Waals surface area contributed by atoms with Crippen LogP contribution in [0.5, 0.6) is 0 Å². The number of nitrogens with two attached hydrogens (primary N) is 1. The van der Waals surface area contributed by atoms with E-state index < -0.39 is 6.30 Å². The van der Waals surface area contributed by atoms with E-state index in [1.54, 1.807) is 18.2 Å². The van der Waals surface area contributed by atoms with E-state index in [-0.39, 0.29) is 12.2 Å². The molecule has 0 radical (unpaired) electrons. The molecule has 2 heterocycles. The predicted octanol–water partition coefficient (Wildman–Crippen LogP) is 5.58. The minimum absolute atomic E-state index is 0.165. The lowest BCUT2D eigenvalue weighted by atomic mass is 10.1. The Morgan fingerprint density at radius 1 is 1.11 bits per heavy atom. The Hall–Kier alpha value is -2.35. The van der Waals surface area contributed by atoms with Crippen LogP contribution in [-0.2, 0) is 6.42 Å². The van der Waals surface area contributed by atoms with Gasteiger partial charge in [0.15, 0.2) is 28.4 Å². The molecule has 28 heavy (non-hydrogen) atoms. The third-order valence-electron chi connectivity index (χ3n) is 4.10. The van der Waals surface area contributed by atoms with Crippen LogP contribution in [0, 0.1) is 0 Å². The monoisotopic (exact) mass is 433 g/mol. The van der Waals surface area contributed by atoms with E-state index in [0.717, 1.165) is 5.56 Å². The predicted molar refractivity (Wildman–Crippen MR) is 111 cm³/mol. The van der Waals surface area contributed by atoms with Crippen LogP contribution >= 0.6 is 35.0 Å². The number of hydrogen-bond donors (Lipinski definition) is 1. The number of nitrogens with zero attached hydrogens (tertiary/aromatic N) is 4. The molecule has 0 saturated heterocycles. The lowest BCUT2D eigenvalue weighted by Crippen LogP contribution is -2.09. The van der Waals surface area contributed by atoms with Crippen LogP contribution in [0.25, 0.3) is 11.2 Å². The molecular formula is C19H14Cl2FN5S. The molecule has 2 N–H and O–H groups in total. The smallest absolute Gasteiger partial charge is 0.183 e. The number of benzene rings is 2. The molecule has 0 saturated carbocycles. The van der Waals surface area contributed by atoms with Gasteiger partial charge in [0, 0.05) is 16.3 Å². The van der Waals surface area contributed by atoms with Crippen molar-refractivity contribution in [2.45, 2.75) is 22.8 Å². The lowest BCUT2D eigenvalue weighted by molar-refractivity contribution is 0.231. The summed E-state index contributed by atoms with van der Waals surface area (Å²) in [6.07, 6.45) is 0.0719. The molecule has 1 unspecified atom stereocenters. The highest BCUT2D eigenvalue weighted by Crippen LogP contribution is 2.38. The Labute approximate surface area is 174 Å². The van der Waals surface area contributed by atoms with Crippen LogP contribution in [0.3, 0.4) is 0 Å². The Kier molecular flexibility index (Phi) is 5.39. The van der Waals surface area contributed by atoms with Crippen molar-refractivity contribution in [1.29, 1.82) is 0 Å². The number of alkyl halides is 1. The standard InChI is InChI=1S/C19H14Cl2FN5S/c20-12-6-7-14(13(21)9-12)28-19-26-16-17(23)24-10-25-18(16)27(19)15(22)8-11-4-2-1-3-5-11/h1-7,9-10,15H,8H2,(H2,23,24,25). The summed E-state index contributed by atoms with van der Waals surface area (Å²) >= 11 is 13.5. The highest BCUT2D eigenvalue weighted by molar-refractivity contribution is 7.99. The van der Waals surface area contributed by atoms with Gasteiger partial charge in [-0.2, -0.15) is 0 Å². The van der Waals surface area contributed by atoms with Gasteiger partial charge in [-0.05, 0) is 35.5 Å². The fraction of sp³-hybridized carbons (Fsp3) is 0.105. The first-order valence-corrected chi connectivity index (χ1v) is 9.89. The largest absolute Gasteiger partial charge is 0.382 e. The van der Waals surface area contributed by atoms with Crippen molar-refractivity contribution in [2.75, 3.05) is 5.73 Å². The van der Waals surface area contributed by atoms with Gasteiger partial charge >= 0.3 is 0 Å². The summed E-state index contributed by atoms with van der Waals surface area (Å²) < 4.78 is 16.8. The maximum absolute atomic E-state index is 15.4. The molecule has 2 aromatic heterocycles. The van der Waals surface area contributed by atoms with E-state index >= 15 is 4.39 Å². The zero-order valence-corrected chi connectivity index (χ0v) is 16.7. The third-order valence-corrected chi connectivity index (χ3v) is 5.80. The van der Waals surface area contributed by atoms with Crippen LogP contribution in [0.2, 0.25) is 10.0 Å². The second kappa shape index (κ2) is 7.95. The van der Waals surface area contributed by atoms with Crippen LogP contribution < -0.4 is 5.73 Å². The molecule has 0 aliphatic heterocycles. The van der Waals surface area contributed by atoms with Gasteiger partial charge in [0.2, 0.25) is 0 Å². The van der Waals surface area contributed by atoms with E-state index in [2.05, 4.69) is 15.0 Å². The molecule has 4 rings (SSSR count). The first kappa shape index (κ1) is 19.0. The summed E-state index contributed by atoms with van der Waals surface area (Å²) in [7, 11) is 0. The van der Waals surface area contributed by atoms with Crippen molar-refractivity contribution in [3.05, 3.63) is 70.5 Å². The molecule has 2 aromatic carbocycles. The van der Waals surface area contributed by atoms with Crippen molar-refractivity contribution >= 4 is 51.9 Å². The average Bonchev–Trinajstić information content (AvgIpc) is 3.04. The first-order chi connectivity index (χ1) is 13.5. The highest BCUT2D eigenvalue weighted by Gasteiger charge is 2.23. The van der Waals surface area contributed by atoms with Crippen LogP contribution in [-0.4, -0.2) is 19.5 Å². The van der Waals surface area contributed by atoms with Crippen LogP contribution in [0.4, 0.5) is 10.2 Å². The quantitative estimate of drug-likeness (QED) is 0.444. The van der Waals surface area contributed by atoms with Gasteiger partial charge in [-0.1, -0.05) is 53.5 Å². The molecule has 1 atom stereocenters. The van der Waals surface area contributed by atoms with Gasteiger partial charge in [0.1, 0.15) is 6.33 Å². The number of hydrogen-bond acceptors (Lipinski definition) is 5. The summed E-state index contributed by atoms with van der Waals surface area (Å²) in [6, 6.07) is 14.5. The number of halogens is 3. The fourth-order valence-corrected chi connectivity index (χ4v) is 4.24. The summed E-state index contributed by atoms with van der Waals surface area (Å²) in [6.45, 7) is 0. The normalized spacial score (nSPS) is 12.4. The topological polar surface area (TPSA) is 69.6 Å². The second-order valence-electron chi connectivity index (χ2n) is 6.00. The van der Waals surface area contributed by atoms with Gasteiger partial charge in [0.25, 0.3) is 0 Å². The Morgan fingerprint density at radius 3 is 2.64 bits per heavy atom.